The maximum atomic E-state index is 12.4. The van der Waals surface area contributed by atoms with Gasteiger partial charge in [-0.15, -0.1) is 0 Å². The van der Waals surface area contributed by atoms with Gasteiger partial charge in [-0.2, -0.15) is 24.5 Å². The number of nitrogens with zero attached hydrogens (tertiary/aromatic N) is 1. The first-order valence-corrected chi connectivity index (χ1v) is 6.86. The molecule has 0 saturated carbocycles. The topological polar surface area (TPSA) is 62.8 Å². The summed E-state index contributed by atoms with van der Waals surface area (Å²) in [6, 6.07) is 3.33. The summed E-state index contributed by atoms with van der Waals surface area (Å²) < 4.78 is 37.1. The van der Waals surface area contributed by atoms with Crippen molar-refractivity contribution in [3.8, 4) is 11.1 Å². The van der Waals surface area contributed by atoms with Crippen molar-refractivity contribution in [1.82, 2.24) is 4.98 Å². The average molecular weight is 311 g/mol. The van der Waals surface area contributed by atoms with E-state index in [1.807, 2.05) is 17.7 Å². The Hall–Kier alpha value is -2.15. The summed E-state index contributed by atoms with van der Waals surface area (Å²) in [4.78, 5) is 3.93. The standard InChI is InChI=1S/C14H12F3N3S/c1-8-6-21-7-10(8)9-2-3-20-12(4-9)11(18)5-13(19)14(15,16)17/h2-7,18H,19H2,1H3. The Morgan fingerprint density at radius 2 is 2.10 bits per heavy atom. The smallest absolute Gasteiger partial charge is 0.395 e. The molecule has 0 amide bonds. The molecule has 0 aliphatic carbocycles. The minimum atomic E-state index is -4.64. The first-order chi connectivity index (χ1) is 9.79. The lowest BCUT2D eigenvalue weighted by Gasteiger charge is -2.07. The number of allylic oxidation sites excluding steroid dienone is 2. The molecule has 3 nitrogen and oxygen atoms in total. The fourth-order valence-electron chi connectivity index (χ4n) is 1.71. The third-order valence-corrected chi connectivity index (χ3v) is 3.69. The molecule has 0 saturated heterocycles. The summed E-state index contributed by atoms with van der Waals surface area (Å²) in [5, 5.41) is 11.6. The van der Waals surface area contributed by atoms with Gasteiger partial charge in [0.2, 0.25) is 0 Å². The van der Waals surface area contributed by atoms with Crippen LogP contribution in [-0.2, 0) is 0 Å². The number of aromatic nitrogens is 1. The van der Waals surface area contributed by atoms with Crippen LogP contribution in [0.1, 0.15) is 11.3 Å². The molecule has 110 valence electrons. The van der Waals surface area contributed by atoms with Gasteiger partial charge in [-0.3, -0.25) is 10.4 Å². The quantitative estimate of drug-likeness (QED) is 0.845. The third-order valence-electron chi connectivity index (χ3n) is 2.83. The molecule has 7 heteroatoms. The molecular formula is C14H12F3N3S. The molecule has 21 heavy (non-hydrogen) atoms. The maximum absolute atomic E-state index is 12.4. The van der Waals surface area contributed by atoms with E-state index in [0.717, 1.165) is 16.7 Å². The van der Waals surface area contributed by atoms with Crippen LogP contribution in [0, 0.1) is 12.3 Å². The zero-order chi connectivity index (χ0) is 15.6. The Bertz CT molecular complexity index is 701. The van der Waals surface area contributed by atoms with E-state index >= 15 is 0 Å². The second-order valence-electron chi connectivity index (χ2n) is 4.41. The lowest BCUT2D eigenvalue weighted by atomic mass is 10.0. The maximum Gasteiger partial charge on any atom is 0.430 e. The number of rotatable bonds is 3. The van der Waals surface area contributed by atoms with Gasteiger partial charge in [0.1, 0.15) is 5.70 Å². The molecule has 0 unspecified atom stereocenters. The molecule has 2 rings (SSSR count). The van der Waals surface area contributed by atoms with Crippen molar-refractivity contribution in [3.63, 3.8) is 0 Å². The fourth-order valence-corrected chi connectivity index (χ4v) is 2.57. The molecule has 2 aromatic heterocycles. The predicted molar refractivity (Wildman–Crippen MR) is 77.4 cm³/mol. The SMILES string of the molecule is Cc1cscc1-c1ccnc(C(=N)C=C(N)C(F)(F)F)c1. The van der Waals surface area contributed by atoms with Gasteiger partial charge in [-0.05, 0) is 52.6 Å². The molecule has 0 aliphatic rings. The molecule has 0 aliphatic heterocycles. The van der Waals surface area contributed by atoms with Crippen LogP contribution < -0.4 is 5.73 Å². The van der Waals surface area contributed by atoms with Crippen molar-refractivity contribution in [3.05, 3.63) is 52.1 Å². The first kappa shape index (κ1) is 15.2. The predicted octanol–water partition coefficient (Wildman–Crippen LogP) is 3.89. The van der Waals surface area contributed by atoms with Gasteiger partial charge in [-0.1, -0.05) is 0 Å². The van der Waals surface area contributed by atoms with Gasteiger partial charge in [0, 0.05) is 6.20 Å². The van der Waals surface area contributed by atoms with Crippen LogP contribution in [0.25, 0.3) is 11.1 Å². The lowest BCUT2D eigenvalue weighted by Crippen LogP contribution is -2.20. The number of alkyl halides is 3. The Kier molecular flexibility index (Phi) is 4.13. The number of nitrogens with one attached hydrogen (secondary N) is 1. The highest BCUT2D eigenvalue weighted by Gasteiger charge is 2.31. The number of pyridine rings is 1. The zero-order valence-electron chi connectivity index (χ0n) is 11.0. The molecule has 2 heterocycles. The monoisotopic (exact) mass is 311 g/mol. The van der Waals surface area contributed by atoms with E-state index in [2.05, 4.69) is 4.98 Å². The molecule has 0 fully saturated rings. The van der Waals surface area contributed by atoms with Crippen LogP contribution in [-0.4, -0.2) is 16.9 Å². The van der Waals surface area contributed by atoms with Crippen LogP contribution in [0.15, 0.2) is 40.9 Å². The number of thiophene rings is 1. The van der Waals surface area contributed by atoms with Crippen molar-refractivity contribution in [1.29, 1.82) is 5.41 Å². The van der Waals surface area contributed by atoms with Gasteiger partial charge in [0.25, 0.3) is 0 Å². The minimum absolute atomic E-state index is 0.144. The van der Waals surface area contributed by atoms with Gasteiger partial charge in [0.05, 0.1) is 11.4 Å². The van der Waals surface area contributed by atoms with E-state index < -0.39 is 11.9 Å². The van der Waals surface area contributed by atoms with Gasteiger partial charge in [-0.25, -0.2) is 0 Å². The Morgan fingerprint density at radius 3 is 2.67 bits per heavy atom. The molecule has 0 atom stereocenters. The average Bonchev–Trinajstić information content (AvgIpc) is 2.84. The highest BCUT2D eigenvalue weighted by atomic mass is 32.1. The summed E-state index contributed by atoms with van der Waals surface area (Å²) in [6.07, 6.45) is -2.60. The second-order valence-corrected chi connectivity index (χ2v) is 5.15. The molecule has 2 aromatic rings. The minimum Gasteiger partial charge on any atom is -0.395 e. The zero-order valence-corrected chi connectivity index (χ0v) is 11.8. The van der Waals surface area contributed by atoms with Gasteiger partial charge >= 0.3 is 6.18 Å². The summed E-state index contributed by atoms with van der Waals surface area (Å²) >= 11 is 1.53. The Morgan fingerprint density at radius 1 is 1.38 bits per heavy atom. The van der Waals surface area contributed by atoms with Gasteiger partial charge in [0.15, 0.2) is 0 Å². The van der Waals surface area contributed by atoms with E-state index in [1.54, 1.807) is 12.1 Å². The summed E-state index contributed by atoms with van der Waals surface area (Å²) in [5.74, 6) is 0. The largest absolute Gasteiger partial charge is 0.430 e. The fraction of sp³-hybridized carbons (Fsp3) is 0.143. The number of nitrogens with two attached hydrogens (primary N) is 1. The lowest BCUT2D eigenvalue weighted by molar-refractivity contribution is -0.0925. The molecule has 0 bridgehead atoms. The van der Waals surface area contributed by atoms with E-state index in [0.29, 0.717) is 6.08 Å². The van der Waals surface area contributed by atoms with Crippen LogP contribution >= 0.6 is 11.3 Å². The Labute approximate surface area is 123 Å². The van der Waals surface area contributed by atoms with E-state index in [-0.39, 0.29) is 11.4 Å². The molecular weight excluding hydrogens is 299 g/mol. The van der Waals surface area contributed by atoms with E-state index in [9.17, 15) is 13.2 Å². The molecule has 0 aromatic carbocycles. The Balaban J connectivity index is 2.34. The second kappa shape index (κ2) is 5.69. The van der Waals surface area contributed by atoms with Crippen molar-refractivity contribution < 1.29 is 13.2 Å². The van der Waals surface area contributed by atoms with Crippen molar-refractivity contribution in [2.24, 2.45) is 5.73 Å². The van der Waals surface area contributed by atoms with E-state index in [1.165, 1.54) is 17.5 Å². The summed E-state index contributed by atoms with van der Waals surface area (Å²) in [7, 11) is 0. The number of hydrogen-bond donors (Lipinski definition) is 2. The van der Waals surface area contributed by atoms with Crippen molar-refractivity contribution in [2.45, 2.75) is 13.1 Å². The highest BCUT2D eigenvalue weighted by Crippen LogP contribution is 2.27. The normalized spacial score (nSPS) is 12.5. The van der Waals surface area contributed by atoms with Crippen LogP contribution in [0.2, 0.25) is 0 Å². The molecule has 0 radical (unpaired) electrons. The van der Waals surface area contributed by atoms with Crippen LogP contribution in [0.3, 0.4) is 0 Å². The van der Waals surface area contributed by atoms with E-state index in [4.69, 9.17) is 11.1 Å². The molecule has 3 N–H and O–H groups in total. The summed E-state index contributed by atoms with van der Waals surface area (Å²) in [6.45, 7) is 1.94. The summed E-state index contributed by atoms with van der Waals surface area (Å²) in [5.41, 5.74) is 6.22. The number of hydrogen-bond acceptors (Lipinski definition) is 4. The van der Waals surface area contributed by atoms with Crippen molar-refractivity contribution >= 4 is 17.0 Å². The number of halogens is 3. The number of aryl methyl sites for hydroxylation is 1. The van der Waals surface area contributed by atoms with Crippen molar-refractivity contribution in [2.75, 3.05) is 0 Å². The van der Waals surface area contributed by atoms with Crippen LogP contribution in [0.5, 0.6) is 0 Å². The molecule has 0 spiro atoms. The van der Waals surface area contributed by atoms with Crippen LogP contribution in [0.4, 0.5) is 13.2 Å². The first-order valence-electron chi connectivity index (χ1n) is 5.91. The third kappa shape index (κ3) is 3.49. The highest BCUT2D eigenvalue weighted by molar-refractivity contribution is 7.08. The van der Waals surface area contributed by atoms with Gasteiger partial charge < -0.3 is 5.73 Å².